The summed E-state index contributed by atoms with van der Waals surface area (Å²) in [4.78, 5) is 112. The van der Waals surface area contributed by atoms with E-state index in [1.165, 1.54) is 70.9 Å². The molecule has 3 saturated carbocycles. The van der Waals surface area contributed by atoms with Gasteiger partial charge in [-0.25, -0.2) is 9.59 Å². The number of hydrogen-bond acceptors (Lipinski definition) is 15. The fourth-order valence-electron chi connectivity index (χ4n) is 14.2. The number of aliphatic carboxylic acids is 1. The molecular formula is C69H91NO16. The van der Waals surface area contributed by atoms with Gasteiger partial charge in [-0.3, -0.25) is 28.8 Å². The van der Waals surface area contributed by atoms with Crippen molar-refractivity contribution in [3.8, 4) is 0 Å². The zero-order chi connectivity index (χ0) is 62.2. The van der Waals surface area contributed by atoms with E-state index in [1.54, 1.807) is 99.6 Å². The maximum absolute atomic E-state index is 15.9. The second-order valence-corrected chi connectivity index (χ2v) is 25.2. The number of carboxylic acids is 1. The molecule has 11 atom stereocenters. The zero-order valence-corrected chi connectivity index (χ0v) is 51.2. The van der Waals surface area contributed by atoms with Gasteiger partial charge >= 0.3 is 35.8 Å². The minimum atomic E-state index is -2.40. The Kier molecular flexibility index (Phi) is 23.5. The Hall–Kier alpha value is -6.72. The number of hydrogen-bond donors (Lipinski definition) is 4. The SMILES string of the molecule is CC(=O)O[C@H]1C(=O)[C@@]2(C)[C@H]([C@H](OC(=O)c3ccccc3)[C@]3(O)C[C@H](OC(=O)[C@H](OC(=O)CCCCCCCCCCCCCCCCCCCC(=O)O)[C@@H](NC(=O)c4ccccc4)c4ccccc4)C(C)=C1C3(C)C)[C@]1(OC(C)=O)CC[C@@H]1C[C@@H]2O. The molecule has 17 heteroatoms. The summed E-state index contributed by atoms with van der Waals surface area (Å²) >= 11 is 0. The molecule has 17 nitrogen and oxygen atoms in total. The minimum absolute atomic E-state index is 0.00706. The number of ketones is 1. The largest absolute Gasteiger partial charge is 0.481 e. The van der Waals surface area contributed by atoms with E-state index in [1.807, 2.05) is 0 Å². The lowest BCUT2D eigenvalue weighted by Gasteiger charge is -2.68. The Bertz CT molecular complexity index is 2850. The fraction of sp³-hybridized carbons (Fsp3) is 0.594. The van der Waals surface area contributed by atoms with Crippen molar-refractivity contribution in [1.82, 2.24) is 5.32 Å². The second kappa shape index (κ2) is 30.3. The van der Waals surface area contributed by atoms with Gasteiger partial charge in [0.2, 0.25) is 6.10 Å². The predicted octanol–water partition coefficient (Wildman–Crippen LogP) is 11.8. The van der Waals surface area contributed by atoms with Crippen LogP contribution in [0.5, 0.6) is 0 Å². The Labute approximate surface area is 506 Å². The normalized spacial score (nSPS) is 26.2. The Morgan fingerprint density at radius 3 is 1.64 bits per heavy atom. The lowest BCUT2D eigenvalue weighted by Crippen LogP contribution is -2.78. The van der Waals surface area contributed by atoms with Crippen LogP contribution >= 0.6 is 0 Å². The van der Waals surface area contributed by atoms with Crippen molar-refractivity contribution in [1.29, 1.82) is 0 Å². The van der Waals surface area contributed by atoms with E-state index < -0.39 is 124 Å². The van der Waals surface area contributed by atoms with Crippen LogP contribution in [-0.2, 0) is 52.5 Å². The van der Waals surface area contributed by atoms with Crippen molar-refractivity contribution in [2.45, 2.75) is 237 Å². The van der Waals surface area contributed by atoms with Crippen LogP contribution in [0.3, 0.4) is 0 Å². The molecule has 3 aromatic carbocycles. The first-order valence-electron chi connectivity index (χ1n) is 31.4. The highest BCUT2D eigenvalue weighted by molar-refractivity contribution is 5.96. The average molecular weight is 1190 g/mol. The van der Waals surface area contributed by atoms with Gasteiger partial charge < -0.3 is 44.3 Å². The van der Waals surface area contributed by atoms with Gasteiger partial charge in [-0.15, -0.1) is 0 Å². The molecule has 4 aliphatic carbocycles. The topological polar surface area (TPSA) is 255 Å². The maximum atomic E-state index is 15.9. The number of amides is 1. The second-order valence-electron chi connectivity index (χ2n) is 25.2. The minimum Gasteiger partial charge on any atom is -0.481 e. The summed E-state index contributed by atoms with van der Waals surface area (Å²) in [6, 6.07) is 23.5. The molecule has 7 rings (SSSR count). The third-order valence-corrected chi connectivity index (χ3v) is 19.1. The first-order chi connectivity index (χ1) is 41.1. The Morgan fingerprint density at radius 2 is 1.15 bits per heavy atom. The molecule has 0 saturated heterocycles. The number of benzene rings is 3. The number of fused-ring (bicyclic) bond motifs is 5. The van der Waals surface area contributed by atoms with Crippen molar-refractivity contribution in [2.24, 2.45) is 22.7 Å². The van der Waals surface area contributed by atoms with Crippen molar-refractivity contribution < 1.29 is 77.4 Å². The molecule has 0 aromatic heterocycles. The first-order valence-corrected chi connectivity index (χ1v) is 31.4. The molecule has 0 heterocycles. The van der Waals surface area contributed by atoms with Gasteiger partial charge in [0.05, 0.1) is 23.0 Å². The van der Waals surface area contributed by atoms with Crippen LogP contribution in [-0.4, -0.2) is 105 Å². The van der Waals surface area contributed by atoms with E-state index in [-0.39, 0.29) is 48.0 Å². The number of carboxylic acid groups (broad SMARTS) is 1. The predicted molar refractivity (Wildman–Crippen MR) is 320 cm³/mol. The molecule has 3 aromatic rings. The molecule has 86 heavy (non-hydrogen) atoms. The average Bonchev–Trinajstić information content (AvgIpc) is 0.674. The molecule has 0 unspecified atom stereocenters. The van der Waals surface area contributed by atoms with Crippen molar-refractivity contribution in [2.75, 3.05) is 0 Å². The molecule has 0 spiro atoms. The molecule has 0 aliphatic heterocycles. The number of unbranched alkanes of at least 4 members (excludes halogenated alkanes) is 16. The van der Waals surface area contributed by atoms with Gasteiger partial charge in [0.1, 0.15) is 29.5 Å². The molecule has 1 amide bonds. The van der Waals surface area contributed by atoms with Gasteiger partial charge in [0.15, 0.2) is 11.9 Å². The van der Waals surface area contributed by atoms with Gasteiger partial charge in [-0.2, -0.15) is 0 Å². The number of nitrogens with one attached hydrogen (secondary N) is 1. The monoisotopic (exact) mass is 1190 g/mol. The summed E-state index contributed by atoms with van der Waals surface area (Å²) in [5, 5.41) is 38.2. The standard InChI is InChI=1S/C69H91NO16/c1-45-52(44-69(81)62(85-64(79)50-37-29-24-30-38-50)60-67(6,53(73)43-51-41-42-68(51,60)86-47(3)72)61(77)58(82-46(2)71)56(45)66(69,4)5)83-65(80)59(57(48-33-25-22-26-34-48)70-63(78)49-35-27-23-28-36-49)84-55(76)40-32-21-19-17-15-13-11-9-7-8-10-12-14-16-18-20-31-39-54(74)75/h22-30,33-38,51-53,57-60,62,73,81H,7-21,31-32,39-44H2,1-6H3,(H,70,78)(H,74,75)/t51-,52+,53+,57+,58-,59-,60+,62+,67-,68+,69-/m1/s1. The highest BCUT2D eigenvalue weighted by atomic mass is 16.6. The summed E-state index contributed by atoms with van der Waals surface area (Å²) in [6.07, 6.45) is 9.56. The highest BCUT2D eigenvalue weighted by Crippen LogP contribution is 2.67. The van der Waals surface area contributed by atoms with Crippen LogP contribution in [0.4, 0.5) is 0 Å². The third kappa shape index (κ3) is 15.5. The Balaban J connectivity index is 1.14. The molecule has 4 N–H and O–H groups in total. The van der Waals surface area contributed by atoms with E-state index >= 15 is 9.59 Å². The van der Waals surface area contributed by atoms with E-state index in [4.69, 9.17) is 28.8 Å². The van der Waals surface area contributed by atoms with Crippen LogP contribution < -0.4 is 5.32 Å². The lowest BCUT2D eigenvalue weighted by atomic mass is 9.41. The summed E-state index contributed by atoms with van der Waals surface area (Å²) in [5.41, 5.74) is -6.74. The van der Waals surface area contributed by atoms with Crippen LogP contribution in [0.15, 0.2) is 102 Å². The first kappa shape index (κ1) is 66.8. The summed E-state index contributed by atoms with van der Waals surface area (Å²) in [7, 11) is 0. The van der Waals surface area contributed by atoms with Gasteiger partial charge in [-0.05, 0) is 86.9 Å². The van der Waals surface area contributed by atoms with E-state index in [9.17, 15) is 39.0 Å². The highest BCUT2D eigenvalue weighted by Gasteiger charge is 2.77. The third-order valence-electron chi connectivity index (χ3n) is 19.1. The van der Waals surface area contributed by atoms with Crippen molar-refractivity contribution in [3.63, 3.8) is 0 Å². The Morgan fingerprint density at radius 1 is 0.651 bits per heavy atom. The summed E-state index contributed by atoms with van der Waals surface area (Å²) < 4.78 is 31.6. The fourth-order valence-corrected chi connectivity index (χ4v) is 14.2. The number of carbonyl (C=O) groups excluding carboxylic acids is 7. The van der Waals surface area contributed by atoms with Gasteiger partial charge in [0.25, 0.3) is 5.91 Å². The number of aliphatic hydroxyl groups excluding tert-OH is 1. The van der Waals surface area contributed by atoms with Crippen LogP contribution in [0.1, 0.15) is 222 Å². The van der Waals surface area contributed by atoms with E-state index in [0.717, 1.165) is 64.7 Å². The van der Waals surface area contributed by atoms with Gasteiger partial charge in [-0.1, -0.05) is 177 Å². The van der Waals surface area contributed by atoms with Crippen LogP contribution in [0.25, 0.3) is 0 Å². The molecule has 4 aliphatic rings. The summed E-state index contributed by atoms with van der Waals surface area (Å²) in [5.74, 6) is -8.50. The van der Waals surface area contributed by atoms with Crippen LogP contribution in [0.2, 0.25) is 0 Å². The molecular weight excluding hydrogens is 1100 g/mol. The lowest BCUT2D eigenvalue weighted by molar-refractivity contribution is -0.296. The number of Topliss-reactive ketones (excluding diaryl/α,β-unsaturated/α-hetero) is 1. The molecule has 2 bridgehead atoms. The maximum Gasteiger partial charge on any atom is 0.350 e. The number of esters is 5. The number of aliphatic hydroxyl groups is 2. The van der Waals surface area contributed by atoms with Crippen molar-refractivity contribution in [3.05, 3.63) is 119 Å². The smallest absolute Gasteiger partial charge is 0.350 e. The van der Waals surface area contributed by atoms with Crippen molar-refractivity contribution >= 4 is 47.5 Å². The molecule has 0 radical (unpaired) electrons. The summed E-state index contributed by atoms with van der Waals surface area (Å²) in [6.45, 7) is 8.58. The zero-order valence-electron chi connectivity index (χ0n) is 51.2. The number of ether oxygens (including phenoxy) is 5. The quantitative estimate of drug-likeness (QED) is 0.0202. The van der Waals surface area contributed by atoms with Gasteiger partial charge in [0, 0.05) is 50.0 Å². The van der Waals surface area contributed by atoms with E-state index in [2.05, 4.69) is 5.32 Å². The van der Waals surface area contributed by atoms with E-state index in [0.29, 0.717) is 18.4 Å². The number of carbonyl (C=O) groups is 8. The molecule has 3 fully saturated rings. The van der Waals surface area contributed by atoms with Crippen LogP contribution in [0, 0.1) is 22.7 Å². The molecule has 468 valence electrons. The number of rotatable bonds is 31.